The molecule has 0 bridgehead atoms. The number of halogens is 5. The van der Waals surface area contributed by atoms with Crippen LogP contribution in [0.2, 0.25) is 10.0 Å². The smallest absolute Gasteiger partial charge is 0.382 e. The zero-order valence-electron chi connectivity index (χ0n) is 12.7. The average Bonchev–Trinajstić information content (AvgIpc) is 2.48. The monoisotopic (exact) mass is 395 g/mol. The van der Waals surface area contributed by atoms with Crippen LogP contribution in [0.15, 0.2) is 29.0 Å². The van der Waals surface area contributed by atoms with E-state index >= 15 is 0 Å². The van der Waals surface area contributed by atoms with E-state index in [1.807, 2.05) is 0 Å². The molecule has 4 N–H and O–H groups in total. The van der Waals surface area contributed by atoms with Crippen molar-refractivity contribution in [3.63, 3.8) is 0 Å². The van der Waals surface area contributed by atoms with Crippen molar-refractivity contribution in [2.24, 2.45) is 10.7 Å². The van der Waals surface area contributed by atoms with Crippen LogP contribution in [-0.2, 0) is 4.74 Å². The number of rotatable bonds is 3. The highest BCUT2D eigenvalue weighted by Crippen LogP contribution is 2.31. The Morgan fingerprint density at radius 1 is 1.28 bits per heavy atom. The lowest BCUT2D eigenvalue weighted by molar-refractivity contribution is -0.195. The van der Waals surface area contributed by atoms with Gasteiger partial charge in [-0.1, -0.05) is 35.3 Å². The lowest BCUT2D eigenvalue weighted by Crippen LogP contribution is -2.61. The maximum Gasteiger partial charge on any atom is 0.411 e. The second-order valence-electron chi connectivity index (χ2n) is 5.50. The standard InChI is InChI=1S/C14H14Cl2F3N5O/c15-9-3-1-2-8(10(9)16)11-12(20)21-13(23-22-11)24-4-7(5-24)25-6-14(17,18)19/h1-3,7,22H,4-6,20H2,(H,21,23). The summed E-state index contributed by atoms with van der Waals surface area (Å²) in [6.07, 6.45) is -4.83. The summed E-state index contributed by atoms with van der Waals surface area (Å²) in [6.45, 7) is -0.697. The van der Waals surface area contributed by atoms with Crippen molar-refractivity contribution in [2.75, 3.05) is 19.7 Å². The Morgan fingerprint density at radius 2 is 2.00 bits per heavy atom. The highest BCUT2D eigenvalue weighted by atomic mass is 35.5. The molecule has 25 heavy (non-hydrogen) atoms. The van der Waals surface area contributed by atoms with E-state index < -0.39 is 18.9 Å². The van der Waals surface area contributed by atoms with E-state index in [1.165, 1.54) is 0 Å². The van der Waals surface area contributed by atoms with Crippen LogP contribution in [0.3, 0.4) is 0 Å². The molecule has 0 saturated carbocycles. The average molecular weight is 396 g/mol. The van der Waals surface area contributed by atoms with Crippen LogP contribution in [0.4, 0.5) is 13.2 Å². The van der Waals surface area contributed by atoms with Crippen molar-refractivity contribution in [3.05, 3.63) is 39.6 Å². The van der Waals surface area contributed by atoms with E-state index in [0.717, 1.165) is 0 Å². The number of aliphatic imine (C=N–C) groups is 1. The van der Waals surface area contributed by atoms with Gasteiger partial charge in [-0.3, -0.25) is 10.9 Å². The topological polar surface area (TPSA) is 74.9 Å². The summed E-state index contributed by atoms with van der Waals surface area (Å²) in [5, 5.41) is 0.711. The molecule has 136 valence electrons. The first-order chi connectivity index (χ1) is 11.7. The zero-order chi connectivity index (χ0) is 18.2. The van der Waals surface area contributed by atoms with Crippen molar-refractivity contribution < 1.29 is 17.9 Å². The van der Waals surface area contributed by atoms with Gasteiger partial charge in [-0.2, -0.15) is 18.2 Å². The molecule has 1 aromatic rings. The molecule has 0 aliphatic carbocycles. The number of hydrogen-bond donors (Lipinski definition) is 3. The molecule has 3 rings (SSSR count). The van der Waals surface area contributed by atoms with Gasteiger partial charge >= 0.3 is 6.18 Å². The van der Waals surface area contributed by atoms with Crippen molar-refractivity contribution in [1.82, 2.24) is 15.8 Å². The summed E-state index contributed by atoms with van der Waals surface area (Å²) in [7, 11) is 0. The summed E-state index contributed by atoms with van der Waals surface area (Å²) in [5.74, 6) is 0.573. The van der Waals surface area contributed by atoms with Gasteiger partial charge in [-0.15, -0.1) is 0 Å². The first-order valence-corrected chi connectivity index (χ1v) is 7.98. The van der Waals surface area contributed by atoms with E-state index in [1.54, 1.807) is 23.1 Å². The minimum Gasteiger partial charge on any atom is -0.382 e. The van der Waals surface area contributed by atoms with Crippen LogP contribution in [0.25, 0.3) is 5.70 Å². The molecular weight excluding hydrogens is 382 g/mol. The van der Waals surface area contributed by atoms with E-state index in [2.05, 4.69) is 15.8 Å². The van der Waals surface area contributed by atoms with Crippen LogP contribution in [0.5, 0.6) is 0 Å². The fourth-order valence-electron chi connectivity index (χ4n) is 2.36. The number of hydrogen-bond acceptors (Lipinski definition) is 6. The van der Waals surface area contributed by atoms with Crippen molar-refractivity contribution in [2.45, 2.75) is 12.3 Å². The van der Waals surface area contributed by atoms with Crippen LogP contribution < -0.4 is 16.6 Å². The van der Waals surface area contributed by atoms with Gasteiger partial charge in [0.2, 0.25) is 5.96 Å². The predicted molar refractivity (Wildman–Crippen MR) is 88.6 cm³/mol. The highest BCUT2D eigenvalue weighted by Gasteiger charge is 2.36. The highest BCUT2D eigenvalue weighted by molar-refractivity contribution is 6.43. The molecule has 0 radical (unpaired) electrons. The summed E-state index contributed by atoms with van der Waals surface area (Å²) < 4.78 is 41.1. The van der Waals surface area contributed by atoms with Crippen molar-refractivity contribution in [3.8, 4) is 0 Å². The Kier molecular flexibility index (Phi) is 4.90. The summed E-state index contributed by atoms with van der Waals surface area (Å²) >= 11 is 12.2. The minimum absolute atomic E-state index is 0.178. The van der Waals surface area contributed by atoms with Crippen LogP contribution in [0, 0.1) is 0 Å². The zero-order valence-corrected chi connectivity index (χ0v) is 14.2. The molecule has 1 fully saturated rings. The van der Waals surface area contributed by atoms with E-state index in [9.17, 15) is 13.2 Å². The number of benzene rings is 1. The molecule has 0 unspecified atom stereocenters. The molecule has 1 aromatic carbocycles. The first-order valence-electron chi connectivity index (χ1n) is 7.23. The lowest BCUT2D eigenvalue weighted by Gasteiger charge is -2.41. The number of alkyl halides is 3. The number of guanidine groups is 1. The molecule has 2 aliphatic rings. The summed E-state index contributed by atoms with van der Waals surface area (Å²) in [4.78, 5) is 5.93. The van der Waals surface area contributed by atoms with Gasteiger partial charge in [-0.05, 0) is 6.07 Å². The molecule has 1 saturated heterocycles. The quantitative estimate of drug-likeness (QED) is 0.732. The van der Waals surface area contributed by atoms with Gasteiger partial charge in [0.15, 0.2) is 5.82 Å². The Balaban J connectivity index is 1.65. The molecular formula is C14H14Cl2F3N5O. The molecule has 0 amide bonds. The van der Waals surface area contributed by atoms with Gasteiger partial charge < -0.3 is 15.4 Å². The molecule has 2 heterocycles. The number of likely N-dealkylation sites (tertiary alicyclic amines) is 1. The SMILES string of the molecule is NC1=C(c2cccc(Cl)c2Cl)NNC(N2CC(OCC(F)(F)F)C2)=N1. The maximum absolute atomic E-state index is 12.1. The van der Waals surface area contributed by atoms with Crippen molar-refractivity contribution in [1.29, 1.82) is 0 Å². The third-order valence-electron chi connectivity index (χ3n) is 3.63. The Bertz CT molecular complexity index is 732. The normalized spacial score (nSPS) is 18.4. The largest absolute Gasteiger partial charge is 0.411 e. The van der Waals surface area contributed by atoms with Gasteiger partial charge in [0.05, 0.1) is 16.1 Å². The fourth-order valence-corrected chi connectivity index (χ4v) is 2.76. The van der Waals surface area contributed by atoms with E-state index in [4.69, 9.17) is 33.7 Å². The number of ether oxygens (including phenoxy) is 1. The third-order valence-corrected chi connectivity index (χ3v) is 4.45. The predicted octanol–water partition coefficient (Wildman–Crippen LogP) is 2.31. The molecule has 0 aromatic heterocycles. The minimum atomic E-state index is -4.33. The van der Waals surface area contributed by atoms with E-state index in [0.29, 0.717) is 27.3 Å². The first kappa shape index (κ1) is 18.0. The van der Waals surface area contributed by atoms with Crippen LogP contribution >= 0.6 is 23.2 Å². The molecule has 2 aliphatic heterocycles. The Labute approximate surface area is 151 Å². The second kappa shape index (κ2) is 6.81. The molecule has 0 spiro atoms. The number of nitrogens with two attached hydrogens (primary N) is 1. The maximum atomic E-state index is 12.1. The van der Waals surface area contributed by atoms with Crippen molar-refractivity contribution >= 4 is 34.9 Å². The number of nitrogens with zero attached hydrogens (tertiary/aromatic N) is 2. The van der Waals surface area contributed by atoms with Gasteiger partial charge in [-0.25, -0.2) is 0 Å². The van der Waals surface area contributed by atoms with Gasteiger partial charge in [0.1, 0.15) is 12.3 Å². The third kappa shape index (κ3) is 4.05. The lowest BCUT2D eigenvalue weighted by atomic mass is 10.1. The molecule has 6 nitrogen and oxygen atoms in total. The van der Waals surface area contributed by atoms with Crippen LogP contribution in [0.1, 0.15) is 5.56 Å². The Hall–Kier alpha value is -1.84. The fraction of sp³-hybridized carbons (Fsp3) is 0.357. The second-order valence-corrected chi connectivity index (χ2v) is 6.29. The van der Waals surface area contributed by atoms with E-state index in [-0.39, 0.29) is 18.9 Å². The van der Waals surface area contributed by atoms with Crippen LogP contribution in [-0.4, -0.2) is 42.8 Å². The number of nitrogens with one attached hydrogen (secondary N) is 2. The molecule has 0 atom stereocenters. The molecule has 11 heteroatoms. The van der Waals surface area contributed by atoms with Gasteiger partial charge in [0.25, 0.3) is 0 Å². The Morgan fingerprint density at radius 3 is 2.64 bits per heavy atom. The van der Waals surface area contributed by atoms with Gasteiger partial charge in [0, 0.05) is 18.7 Å². The summed E-state index contributed by atoms with van der Waals surface area (Å²) in [5.41, 5.74) is 12.7. The number of hydrazine groups is 1. The summed E-state index contributed by atoms with van der Waals surface area (Å²) in [6, 6.07) is 5.11.